The van der Waals surface area contributed by atoms with Gasteiger partial charge in [-0.25, -0.2) is 14.4 Å². The highest BCUT2D eigenvalue weighted by molar-refractivity contribution is 5.80. The number of nitrogens with zero attached hydrogens (tertiary/aromatic N) is 4. The Hall–Kier alpha value is -2.76. The van der Waals surface area contributed by atoms with Crippen LogP contribution in [0.3, 0.4) is 0 Å². The number of hydrogen-bond donors (Lipinski definition) is 0. The monoisotopic (exact) mass is 380 g/mol. The van der Waals surface area contributed by atoms with E-state index in [-0.39, 0.29) is 17.6 Å². The van der Waals surface area contributed by atoms with E-state index in [1.54, 1.807) is 24.5 Å². The Morgan fingerprint density at radius 2 is 1.75 bits per heavy atom. The van der Waals surface area contributed by atoms with Crippen LogP contribution in [-0.2, 0) is 11.3 Å². The summed E-state index contributed by atoms with van der Waals surface area (Å²) in [6.07, 6.45) is 10.5. The third-order valence-electron chi connectivity index (χ3n) is 5.74. The van der Waals surface area contributed by atoms with Crippen LogP contribution in [0.4, 0.5) is 10.3 Å². The lowest BCUT2D eigenvalue weighted by atomic mass is 9.81. The fourth-order valence-corrected chi connectivity index (χ4v) is 4.17. The fraction of sp³-hybridized carbons (Fsp3) is 0.409. The van der Waals surface area contributed by atoms with Gasteiger partial charge in [0.1, 0.15) is 5.82 Å². The van der Waals surface area contributed by atoms with E-state index < -0.39 is 0 Å². The van der Waals surface area contributed by atoms with Gasteiger partial charge in [0.25, 0.3) is 0 Å². The van der Waals surface area contributed by atoms with E-state index in [4.69, 9.17) is 0 Å². The Bertz CT molecular complexity index is 816. The summed E-state index contributed by atoms with van der Waals surface area (Å²) in [5.41, 5.74) is 0.958. The van der Waals surface area contributed by atoms with Crippen LogP contribution < -0.4 is 4.90 Å². The Morgan fingerprint density at radius 3 is 2.46 bits per heavy atom. The number of piperidine rings is 1. The van der Waals surface area contributed by atoms with Gasteiger partial charge in [-0.2, -0.15) is 0 Å². The largest absolute Gasteiger partial charge is 0.341 e. The maximum absolute atomic E-state index is 13.2. The van der Waals surface area contributed by atoms with Crippen LogP contribution in [0.15, 0.2) is 54.9 Å². The molecule has 1 saturated heterocycles. The molecule has 4 rings (SSSR count). The summed E-state index contributed by atoms with van der Waals surface area (Å²) in [5.74, 6) is 1.11. The molecule has 1 aromatic heterocycles. The summed E-state index contributed by atoms with van der Waals surface area (Å²) in [6, 6.07) is 8.23. The molecule has 1 amide bonds. The average Bonchev–Trinajstić information content (AvgIpc) is 2.92. The van der Waals surface area contributed by atoms with Crippen molar-refractivity contribution in [3.05, 3.63) is 66.3 Å². The molecule has 0 bridgehead atoms. The summed E-state index contributed by atoms with van der Waals surface area (Å²) in [6.45, 7) is 2.89. The van der Waals surface area contributed by atoms with Crippen LogP contribution in [-0.4, -0.2) is 40.4 Å². The second-order valence-electron chi connectivity index (χ2n) is 7.53. The lowest BCUT2D eigenvalue weighted by molar-refractivity contribution is -0.137. The van der Waals surface area contributed by atoms with Gasteiger partial charge in [0.2, 0.25) is 11.9 Å². The number of benzene rings is 1. The lowest BCUT2D eigenvalue weighted by Gasteiger charge is -2.36. The van der Waals surface area contributed by atoms with E-state index in [1.165, 1.54) is 12.1 Å². The smallest absolute Gasteiger partial charge is 0.226 e. The van der Waals surface area contributed by atoms with E-state index in [1.807, 2.05) is 11.0 Å². The molecule has 0 N–H and O–H groups in total. The average molecular weight is 380 g/mol. The Kier molecular flexibility index (Phi) is 5.65. The number of allylic oxidation sites excluding steroid dienone is 1. The highest BCUT2D eigenvalue weighted by Crippen LogP contribution is 2.32. The summed E-state index contributed by atoms with van der Waals surface area (Å²) in [4.78, 5) is 26.0. The molecule has 2 aliphatic rings. The van der Waals surface area contributed by atoms with Crippen LogP contribution in [0.25, 0.3) is 0 Å². The van der Waals surface area contributed by atoms with Gasteiger partial charge >= 0.3 is 0 Å². The first-order valence-corrected chi connectivity index (χ1v) is 9.91. The van der Waals surface area contributed by atoms with E-state index in [0.717, 1.165) is 43.9 Å². The van der Waals surface area contributed by atoms with Crippen LogP contribution in [0, 0.1) is 17.7 Å². The van der Waals surface area contributed by atoms with E-state index in [9.17, 15) is 9.18 Å². The van der Waals surface area contributed by atoms with Gasteiger partial charge < -0.3 is 9.80 Å². The fourth-order valence-electron chi connectivity index (χ4n) is 4.17. The molecule has 28 heavy (non-hydrogen) atoms. The maximum atomic E-state index is 13.2. The molecule has 2 aliphatic heterocycles. The Morgan fingerprint density at radius 1 is 1.04 bits per heavy atom. The normalized spacial score (nSPS) is 21.0. The molecule has 1 atom stereocenters. The van der Waals surface area contributed by atoms with Crippen molar-refractivity contribution in [3.63, 3.8) is 0 Å². The SMILES string of the molecule is O=C1[C@@H](C2CCN(c3ncccn3)CC2)CC=CCN1Cc1ccc(F)cc1. The number of carbonyl (C=O) groups excluding carboxylic acids is 1. The molecule has 0 aliphatic carbocycles. The van der Waals surface area contributed by atoms with E-state index >= 15 is 0 Å². The molecule has 146 valence electrons. The third-order valence-corrected chi connectivity index (χ3v) is 5.74. The number of carbonyl (C=O) groups is 1. The highest BCUT2D eigenvalue weighted by Gasteiger charge is 2.34. The number of rotatable bonds is 4. The second kappa shape index (κ2) is 8.50. The number of halogens is 1. The van der Waals surface area contributed by atoms with Crippen molar-refractivity contribution in [3.8, 4) is 0 Å². The standard InChI is InChI=1S/C22H25FN4O/c23-19-7-5-17(6-8-19)16-27-13-2-1-4-20(21(27)28)18-9-14-26(15-10-18)22-24-11-3-12-25-22/h1-3,5-8,11-12,18,20H,4,9-10,13-16H2/t20-/m1/s1. The predicted octanol–water partition coefficient (Wildman–Crippen LogP) is 3.44. The van der Waals surface area contributed by atoms with Gasteiger partial charge in [-0.05, 0) is 48.9 Å². The van der Waals surface area contributed by atoms with Gasteiger partial charge in [-0.15, -0.1) is 0 Å². The zero-order valence-corrected chi connectivity index (χ0v) is 15.9. The van der Waals surface area contributed by atoms with Crippen molar-refractivity contribution in [1.29, 1.82) is 0 Å². The number of amides is 1. The van der Waals surface area contributed by atoms with Gasteiger partial charge in [0.05, 0.1) is 0 Å². The highest BCUT2D eigenvalue weighted by atomic mass is 19.1. The van der Waals surface area contributed by atoms with Crippen molar-refractivity contribution >= 4 is 11.9 Å². The topological polar surface area (TPSA) is 49.3 Å². The third kappa shape index (κ3) is 4.21. The minimum atomic E-state index is -0.252. The van der Waals surface area contributed by atoms with Gasteiger partial charge in [-0.1, -0.05) is 24.3 Å². The molecule has 1 aromatic carbocycles. The molecule has 0 saturated carbocycles. The van der Waals surface area contributed by atoms with Gasteiger partial charge in [0, 0.05) is 44.5 Å². The first-order chi connectivity index (χ1) is 13.7. The van der Waals surface area contributed by atoms with E-state index in [2.05, 4.69) is 27.0 Å². The summed E-state index contributed by atoms with van der Waals surface area (Å²) in [5, 5.41) is 0. The van der Waals surface area contributed by atoms with Crippen molar-refractivity contribution < 1.29 is 9.18 Å². The zero-order valence-electron chi connectivity index (χ0n) is 15.9. The maximum Gasteiger partial charge on any atom is 0.226 e. The van der Waals surface area contributed by atoms with Crippen LogP contribution in [0.2, 0.25) is 0 Å². The molecule has 2 aromatic rings. The van der Waals surface area contributed by atoms with Crippen LogP contribution >= 0.6 is 0 Å². The lowest BCUT2D eigenvalue weighted by Crippen LogP contribution is -2.42. The molecule has 3 heterocycles. The molecule has 5 nitrogen and oxygen atoms in total. The zero-order chi connectivity index (χ0) is 19.3. The minimum Gasteiger partial charge on any atom is -0.341 e. The van der Waals surface area contributed by atoms with Crippen molar-refractivity contribution in [1.82, 2.24) is 14.9 Å². The van der Waals surface area contributed by atoms with Crippen molar-refractivity contribution in [2.24, 2.45) is 11.8 Å². The molecule has 0 unspecified atom stereocenters. The quantitative estimate of drug-likeness (QED) is 0.763. The number of aromatic nitrogens is 2. The number of hydrogen-bond acceptors (Lipinski definition) is 4. The van der Waals surface area contributed by atoms with Crippen molar-refractivity contribution in [2.45, 2.75) is 25.8 Å². The number of anilines is 1. The predicted molar refractivity (Wildman–Crippen MR) is 106 cm³/mol. The summed E-state index contributed by atoms with van der Waals surface area (Å²) < 4.78 is 13.2. The summed E-state index contributed by atoms with van der Waals surface area (Å²) >= 11 is 0. The first kappa shape index (κ1) is 18.6. The molecule has 0 radical (unpaired) electrons. The molecule has 6 heteroatoms. The Labute approximate surface area is 164 Å². The summed E-state index contributed by atoms with van der Waals surface area (Å²) in [7, 11) is 0. The molecule has 1 fully saturated rings. The Balaban J connectivity index is 1.40. The minimum absolute atomic E-state index is 0.0121. The van der Waals surface area contributed by atoms with Crippen LogP contribution in [0.5, 0.6) is 0 Å². The molecule has 0 spiro atoms. The van der Waals surface area contributed by atoms with Gasteiger partial charge in [0.15, 0.2) is 0 Å². The van der Waals surface area contributed by atoms with E-state index in [0.29, 0.717) is 19.0 Å². The molecular formula is C22H25FN4O. The van der Waals surface area contributed by atoms with Crippen molar-refractivity contribution in [2.75, 3.05) is 24.5 Å². The van der Waals surface area contributed by atoms with Gasteiger partial charge in [-0.3, -0.25) is 4.79 Å². The van der Waals surface area contributed by atoms with Crippen LogP contribution in [0.1, 0.15) is 24.8 Å². The first-order valence-electron chi connectivity index (χ1n) is 9.91. The second-order valence-corrected chi connectivity index (χ2v) is 7.53. The molecular weight excluding hydrogens is 355 g/mol.